The number of nitrogens with one attached hydrogen (secondary N) is 1. The Hall–Kier alpha value is -1.60. The van der Waals surface area contributed by atoms with E-state index in [0.717, 1.165) is 55.4 Å². The Kier molecular flexibility index (Phi) is 6.31. The first-order chi connectivity index (χ1) is 12.2. The van der Waals surface area contributed by atoms with E-state index in [-0.39, 0.29) is 0 Å². The minimum Gasteiger partial charge on any atom is -0.353 e. The van der Waals surface area contributed by atoms with Crippen LogP contribution in [0.3, 0.4) is 0 Å². The smallest absolute Gasteiger partial charge is 0.242 e. The molecule has 3 rings (SSSR count). The molecule has 0 saturated carbocycles. The van der Waals surface area contributed by atoms with Crippen molar-refractivity contribution in [2.24, 2.45) is 5.92 Å². The van der Waals surface area contributed by atoms with Crippen LogP contribution >= 0.6 is 11.3 Å². The first kappa shape index (κ1) is 18.2. The second kappa shape index (κ2) is 8.67. The summed E-state index contributed by atoms with van der Waals surface area (Å²) < 4.78 is 0. The predicted octanol–water partition coefficient (Wildman–Crippen LogP) is 3.09. The third-order valence-corrected chi connectivity index (χ3v) is 5.64. The molecule has 1 aliphatic rings. The fourth-order valence-corrected chi connectivity index (χ4v) is 3.91. The molecule has 0 radical (unpaired) electrons. The molecule has 0 atom stereocenters. The minimum absolute atomic E-state index is 0.674. The Labute approximate surface area is 154 Å². The highest BCUT2D eigenvalue weighted by atomic mass is 32.1. The van der Waals surface area contributed by atoms with Gasteiger partial charge < -0.3 is 5.32 Å². The monoisotopic (exact) mass is 360 g/mol. The van der Waals surface area contributed by atoms with Gasteiger partial charge in [-0.05, 0) is 51.6 Å². The predicted molar refractivity (Wildman–Crippen MR) is 102 cm³/mol. The summed E-state index contributed by atoms with van der Waals surface area (Å²) in [6.45, 7) is 10.5. The number of aromatic nitrogens is 4. The molecule has 1 fully saturated rings. The zero-order chi connectivity index (χ0) is 17.6. The van der Waals surface area contributed by atoms with Crippen LogP contribution in [0.5, 0.6) is 0 Å². The van der Waals surface area contributed by atoms with Gasteiger partial charge in [0, 0.05) is 18.5 Å². The number of aryl methyl sites for hydroxylation is 3. The quantitative estimate of drug-likeness (QED) is 0.818. The maximum Gasteiger partial charge on any atom is 0.242 e. The minimum atomic E-state index is 0.674. The van der Waals surface area contributed by atoms with Crippen LogP contribution in [0.4, 0.5) is 5.95 Å². The molecule has 2 aromatic heterocycles. The maximum atomic E-state index is 4.62. The van der Waals surface area contributed by atoms with Gasteiger partial charge in [0.2, 0.25) is 5.95 Å². The van der Waals surface area contributed by atoms with Crippen LogP contribution in [0.2, 0.25) is 0 Å². The summed E-state index contributed by atoms with van der Waals surface area (Å²) in [4.78, 5) is 11.7. The highest BCUT2D eigenvalue weighted by Gasteiger charge is 2.20. The molecule has 0 aliphatic carbocycles. The van der Waals surface area contributed by atoms with E-state index in [1.165, 1.54) is 18.5 Å². The van der Waals surface area contributed by atoms with Gasteiger partial charge in [-0.3, -0.25) is 4.90 Å². The van der Waals surface area contributed by atoms with Crippen molar-refractivity contribution in [3.63, 3.8) is 0 Å². The van der Waals surface area contributed by atoms with Gasteiger partial charge in [0.15, 0.2) is 0 Å². The number of likely N-dealkylation sites (tertiary alicyclic amines) is 1. The highest BCUT2D eigenvalue weighted by Crippen LogP contribution is 2.20. The van der Waals surface area contributed by atoms with Crippen LogP contribution in [0.25, 0.3) is 0 Å². The van der Waals surface area contributed by atoms with E-state index < -0.39 is 0 Å². The lowest BCUT2D eigenvalue weighted by Gasteiger charge is -2.31. The molecule has 6 nitrogen and oxygen atoms in total. The Bertz CT molecular complexity index is 678. The summed E-state index contributed by atoms with van der Waals surface area (Å²) in [5.74, 6) is 1.35. The van der Waals surface area contributed by atoms with Crippen LogP contribution in [0, 0.1) is 12.8 Å². The number of piperidine rings is 1. The number of thiazole rings is 1. The summed E-state index contributed by atoms with van der Waals surface area (Å²) >= 11 is 1.74. The molecule has 7 heteroatoms. The standard InChI is InChI=1S/C18H28N6S/c1-4-16-17(5-2)22-23-18(21-16)19-10-14-6-8-24(9-7-14)11-15-12-25-13(3)20-15/h12,14H,4-11H2,1-3H3,(H,19,21,23). The van der Waals surface area contributed by atoms with E-state index in [1.807, 2.05) is 0 Å². The Morgan fingerprint density at radius 2 is 1.88 bits per heavy atom. The van der Waals surface area contributed by atoms with Gasteiger partial charge in [0.1, 0.15) is 0 Å². The summed E-state index contributed by atoms with van der Waals surface area (Å²) in [5.41, 5.74) is 3.29. The second-order valence-corrected chi connectivity index (χ2v) is 7.76. The maximum absolute atomic E-state index is 4.62. The van der Waals surface area contributed by atoms with Crippen molar-refractivity contribution in [1.29, 1.82) is 0 Å². The molecular weight excluding hydrogens is 332 g/mol. The third-order valence-electron chi connectivity index (χ3n) is 4.82. The van der Waals surface area contributed by atoms with Gasteiger partial charge in [-0.1, -0.05) is 13.8 Å². The van der Waals surface area contributed by atoms with Crippen molar-refractivity contribution in [2.75, 3.05) is 25.0 Å². The van der Waals surface area contributed by atoms with Gasteiger partial charge in [0.25, 0.3) is 0 Å². The van der Waals surface area contributed by atoms with E-state index in [4.69, 9.17) is 0 Å². The van der Waals surface area contributed by atoms with Crippen molar-refractivity contribution < 1.29 is 0 Å². The van der Waals surface area contributed by atoms with E-state index >= 15 is 0 Å². The number of hydrogen-bond acceptors (Lipinski definition) is 7. The summed E-state index contributed by atoms with van der Waals surface area (Å²) in [6, 6.07) is 0. The Balaban J connectivity index is 1.44. The number of anilines is 1. The lowest BCUT2D eigenvalue weighted by Crippen LogP contribution is -2.35. The lowest BCUT2D eigenvalue weighted by atomic mass is 9.97. The zero-order valence-electron chi connectivity index (χ0n) is 15.5. The number of rotatable bonds is 7. The Morgan fingerprint density at radius 3 is 2.52 bits per heavy atom. The first-order valence-electron chi connectivity index (χ1n) is 9.27. The molecule has 0 bridgehead atoms. The van der Waals surface area contributed by atoms with Gasteiger partial charge in [0.05, 0.1) is 22.1 Å². The first-order valence-corrected chi connectivity index (χ1v) is 10.2. The van der Waals surface area contributed by atoms with E-state index in [0.29, 0.717) is 11.9 Å². The topological polar surface area (TPSA) is 66.8 Å². The molecule has 0 aromatic carbocycles. The highest BCUT2D eigenvalue weighted by molar-refractivity contribution is 7.09. The Morgan fingerprint density at radius 1 is 1.12 bits per heavy atom. The average molecular weight is 361 g/mol. The SMILES string of the molecule is CCc1nnc(NCC2CCN(Cc3csc(C)n3)CC2)nc1CC. The largest absolute Gasteiger partial charge is 0.353 e. The molecule has 0 spiro atoms. The van der Waals surface area contributed by atoms with Crippen LogP contribution in [0.1, 0.15) is 48.8 Å². The number of nitrogens with zero attached hydrogens (tertiary/aromatic N) is 5. The average Bonchev–Trinajstić information content (AvgIpc) is 3.05. The van der Waals surface area contributed by atoms with Crippen LogP contribution in [-0.2, 0) is 19.4 Å². The van der Waals surface area contributed by atoms with E-state index in [2.05, 4.69) is 56.5 Å². The lowest BCUT2D eigenvalue weighted by molar-refractivity contribution is 0.181. The molecule has 136 valence electrons. The fraction of sp³-hybridized carbons (Fsp3) is 0.667. The molecule has 0 unspecified atom stereocenters. The van der Waals surface area contributed by atoms with Gasteiger partial charge in [-0.2, -0.15) is 5.10 Å². The molecular formula is C18H28N6S. The zero-order valence-corrected chi connectivity index (χ0v) is 16.3. The van der Waals surface area contributed by atoms with Gasteiger partial charge in [-0.25, -0.2) is 9.97 Å². The molecule has 1 aliphatic heterocycles. The molecule has 25 heavy (non-hydrogen) atoms. The van der Waals surface area contributed by atoms with Crippen molar-refractivity contribution >= 4 is 17.3 Å². The molecule has 2 aromatic rings. The van der Waals surface area contributed by atoms with E-state index in [1.54, 1.807) is 11.3 Å². The van der Waals surface area contributed by atoms with Crippen molar-refractivity contribution in [1.82, 2.24) is 25.1 Å². The van der Waals surface area contributed by atoms with Crippen LogP contribution in [0.15, 0.2) is 5.38 Å². The normalized spacial score (nSPS) is 16.3. The van der Waals surface area contributed by atoms with Crippen LogP contribution < -0.4 is 5.32 Å². The van der Waals surface area contributed by atoms with Crippen molar-refractivity contribution in [2.45, 2.75) is 53.0 Å². The summed E-state index contributed by atoms with van der Waals surface area (Å²) in [6.07, 6.45) is 4.21. The number of hydrogen-bond donors (Lipinski definition) is 1. The van der Waals surface area contributed by atoms with Gasteiger partial charge >= 0.3 is 0 Å². The molecule has 1 N–H and O–H groups in total. The van der Waals surface area contributed by atoms with E-state index in [9.17, 15) is 0 Å². The van der Waals surface area contributed by atoms with Gasteiger partial charge in [-0.15, -0.1) is 16.4 Å². The third kappa shape index (κ3) is 4.95. The molecule has 0 amide bonds. The van der Waals surface area contributed by atoms with Crippen LogP contribution in [-0.4, -0.2) is 44.7 Å². The summed E-state index contributed by atoms with van der Waals surface area (Å²) in [7, 11) is 0. The molecule has 3 heterocycles. The second-order valence-electron chi connectivity index (χ2n) is 6.69. The summed E-state index contributed by atoms with van der Waals surface area (Å²) in [5, 5.41) is 15.3. The van der Waals surface area contributed by atoms with Crippen molar-refractivity contribution in [3.05, 3.63) is 27.5 Å². The fourth-order valence-electron chi connectivity index (χ4n) is 3.31. The molecule has 1 saturated heterocycles. The van der Waals surface area contributed by atoms with Crippen molar-refractivity contribution in [3.8, 4) is 0 Å².